The number of rotatable bonds is 16. The summed E-state index contributed by atoms with van der Waals surface area (Å²) in [5, 5.41) is 0. The Hall–Kier alpha value is 0.0569. The van der Waals surface area contributed by atoms with Crippen LogP contribution in [0.15, 0.2) is 0 Å². The van der Waals surface area contributed by atoms with E-state index in [-0.39, 0.29) is 0 Å². The molecule has 0 spiro atoms. The molecule has 0 aliphatic carbocycles. The van der Waals surface area contributed by atoms with E-state index in [1.54, 1.807) is 0 Å². The van der Waals surface area contributed by atoms with Crippen molar-refractivity contribution in [3.63, 3.8) is 0 Å². The Bertz CT molecular complexity index is 264. The highest BCUT2D eigenvalue weighted by atomic mass is 28.4. The fourth-order valence-corrected chi connectivity index (χ4v) is 4.04. The highest BCUT2D eigenvalue weighted by Gasteiger charge is 2.21. The monoisotopic (exact) mass is 359 g/mol. The fraction of sp³-hybridized carbons (Fsp3) is 1.00. The molecule has 0 amide bonds. The summed E-state index contributed by atoms with van der Waals surface area (Å²) in [4.78, 5) is 7.74. The van der Waals surface area contributed by atoms with Crippen LogP contribution in [-0.4, -0.2) is 89.0 Å². The first-order valence-electron chi connectivity index (χ1n) is 10.1. The molecule has 0 radical (unpaired) electrons. The highest BCUT2D eigenvalue weighted by Crippen LogP contribution is 2.11. The predicted molar refractivity (Wildman–Crippen MR) is 111 cm³/mol. The van der Waals surface area contributed by atoms with Crippen LogP contribution in [0.3, 0.4) is 0 Å². The first-order valence-corrected chi connectivity index (χ1v) is 13.3. The first kappa shape index (κ1) is 24.1. The van der Waals surface area contributed by atoms with E-state index >= 15 is 0 Å². The normalized spacial score (nSPS) is 12.8. The van der Waals surface area contributed by atoms with Crippen LogP contribution in [0.25, 0.3) is 0 Å². The second kappa shape index (κ2) is 14.2. The Morgan fingerprint density at radius 1 is 0.625 bits per heavy atom. The largest absolute Gasteiger partial charge is 0.420 e. The van der Waals surface area contributed by atoms with E-state index < -0.39 is 8.32 Å². The molecule has 4 nitrogen and oxygen atoms in total. The molecule has 0 unspecified atom stereocenters. The van der Waals surface area contributed by atoms with Crippen LogP contribution in [0.1, 0.15) is 40.5 Å². The van der Waals surface area contributed by atoms with Crippen molar-refractivity contribution in [2.45, 2.75) is 59.7 Å². The molecule has 0 aromatic carbocycles. The van der Waals surface area contributed by atoms with Gasteiger partial charge in [0.05, 0.1) is 0 Å². The van der Waals surface area contributed by atoms with Gasteiger partial charge in [0.1, 0.15) is 0 Å². The minimum atomic E-state index is -1.45. The molecule has 5 heteroatoms. The summed E-state index contributed by atoms with van der Waals surface area (Å²) < 4.78 is 5.74. The average molecular weight is 360 g/mol. The standard InChI is InChI=1S/C19H45N3OSi/c1-8-20(9-2)14-12-16-22(18-19-24(6,7)23-5)17-13-15-21(10-3)11-4/h8-19H2,1-7H3. The molecule has 0 saturated heterocycles. The van der Waals surface area contributed by atoms with Crippen molar-refractivity contribution in [2.24, 2.45) is 0 Å². The maximum atomic E-state index is 5.74. The van der Waals surface area contributed by atoms with Crippen LogP contribution < -0.4 is 0 Å². The van der Waals surface area contributed by atoms with E-state index in [0.717, 1.165) is 0 Å². The smallest absolute Gasteiger partial charge is 0.187 e. The van der Waals surface area contributed by atoms with Gasteiger partial charge in [-0.05, 0) is 90.9 Å². The molecule has 0 aliphatic rings. The fourth-order valence-electron chi connectivity index (χ4n) is 2.98. The second-order valence-corrected chi connectivity index (χ2v) is 11.7. The predicted octanol–water partition coefficient (Wildman–Crippen LogP) is 3.60. The van der Waals surface area contributed by atoms with Crippen LogP contribution in [0.5, 0.6) is 0 Å². The van der Waals surface area contributed by atoms with Gasteiger partial charge < -0.3 is 19.1 Å². The van der Waals surface area contributed by atoms with Gasteiger partial charge in [-0.3, -0.25) is 0 Å². The molecule has 0 heterocycles. The number of hydrogen-bond donors (Lipinski definition) is 0. The minimum Gasteiger partial charge on any atom is -0.420 e. The van der Waals surface area contributed by atoms with Gasteiger partial charge in [0.2, 0.25) is 0 Å². The first-order chi connectivity index (χ1) is 11.4. The lowest BCUT2D eigenvalue weighted by Gasteiger charge is -2.29. The molecule has 0 N–H and O–H groups in total. The van der Waals surface area contributed by atoms with Crippen molar-refractivity contribution in [3.8, 4) is 0 Å². The Balaban J connectivity index is 4.32. The Labute approximate surface area is 153 Å². The third-order valence-corrected chi connectivity index (χ3v) is 7.80. The molecule has 0 bridgehead atoms. The third-order valence-electron chi connectivity index (χ3n) is 5.27. The lowest BCUT2D eigenvalue weighted by atomic mass is 10.3. The van der Waals surface area contributed by atoms with E-state index in [0.29, 0.717) is 0 Å². The molecule has 0 aromatic heterocycles. The maximum Gasteiger partial charge on any atom is 0.187 e. The van der Waals surface area contributed by atoms with Gasteiger partial charge in [-0.1, -0.05) is 27.7 Å². The van der Waals surface area contributed by atoms with Gasteiger partial charge in [-0.15, -0.1) is 0 Å². The molecule has 0 atom stereocenters. The Kier molecular flexibility index (Phi) is 14.3. The highest BCUT2D eigenvalue weighted by molar-refractivity contribution is 6.71. The quantitative estimate of drug-likeness (QED) is 0.392. The zero-order chi connectivity index (χ0) is 18.4. The van der Waals surface area contributed by atoms with Crippen LogP contribution in [-0.2, 0) is 4.43 Å². The number of nitrogens with zero attached hydrogens (tertiary/aromatic N) is 3. The molecule has 0 saturated carbocycles. The molecule has 0 aliphatic heterocycles. The summed E-state index contributed by atoms with van der Waals surface area (Å²) in [5.41, 5.74) is 0. The van der Waals surface area contributed by atoms with Crippen molar-refractivity contribution in [1.82, 2.24) is 14.7 Å². The Morgan fingerprint density at radius 3 is 1.33 bits per heavy atom. The van der Waals surface area contributed by atoms with Crippen molar-refractivity contribution in [2.75, 3.05) is 66.0 Å². The molecule has 0 fully saturated rings. The maximum absolute atomic E-state index is 5.74. The van der Waals surface area contributed by atoms with Crippen molar-refractivity contribution in [3.05, 3.63) is 0 Å². The molecular formula is C19H45N3OSi. The van der Waals surface area contributed by atoms with Crippen LogP contribution in [0, 0.1) is 0 Å². The second-order valence-electron chi connectivity index (χ2n) is 7.32. The molecule has 146 valence electrons. The van der Waals surface area contributed by atoms with Gasteiger partial charge in [-0.25, -0.2) is 0 Å². The molecule has 0 aromatic rings. The third kappa shape index (κ3) is 11.6. The van der Waals surface area contributed by atoms with E-state index in [4.69, 9.17) is 4.43 Å². The minimum absolute atomic E-state index is 1.17. The Morgan fingerprint density at radius 2 is 1.00 bits per heavy atom. The molecule has 24 heavy (non-hydrogen) atoms. The van der Waals surface area contributed by atoms with Crippen molar-refractivity contribution in [1.29, 1.82) is 0 Å². The molecular weight excluding hydrogens is 314 g/mol. The van der Waals surface area contributed by atoms with Gasteiger partial charge in [0.25, 0.3) is 0 Å². The number of hydrogen-bond acceptors (Lipinski definition) is 4. The zero-order valence-corrected chi connectivity index (χ0v) is 18.7. The molecule has 0 rings (SSSR count). The summed E-state index contributed by atoms with van der Waals surface area (Å²) in [7, 11) is 0.434. The van der Waals surface area contributed by atoms with E-state index in [9.17, 15) is 0 Å². The summed E-state index contributed by atoms with van der Waals surface area (Å²) in [6.07, 6.45) is 2.56. The van der Waals surface area contributed by atoms with E-state index in [1.165, 1.54) is 77.8 Å². The van der Waals surface area contributed by atoms with E-state index in [1.807, 2.05) is 7.11 Å². The van der Waals surface area contributed by atoms with Crippen LogP contribution in [0.2, 0.25) is 19.1 Å². The summed E-state index contributed by atoms with van der Waals surface area (Å²) in [5.74, 6) is 0. The van der Waals surface area contributed by atoms with Gasteiger partial charge in [0, 0.05) is 7.11 Å². The van der Waals surface area contributed by atoms with Crippen molar-refractivity contribution < 1.29 is 4.43 Å². The zero-order valence-electron chi connectivity index (χ0n) is 17.7. The van der Waals surface area contributed by atoms with Crippen LogP contribution in [0.4, 0.5) is 0 Å². The van der Waals surface area contributed by atoms with E-state index in [2.05, 4.69) is 55.5 Å². The van der Waals surface area contributed by atoms with Gasteiger partial charge in [-0.2, -0.15) is 0 Å². The topological polar surface area (TPSA) is 19.0 Å². The van der Waals surface area contributed by atoms with Crippen LogP contribution >= 0.6 is 0 Å². The lowest BCUT2D eigenvalue weighted by Crippen LogP contribution is -2.38. The summed E-state index contributed by atoms with van der Waals surface area (Å²) in [6.45, 7) is 24.5. The average Bonchev–Trinajstić information content (AvgIpc) is 2.59. The SMILES string of the molecule is CCN(CC)CCCN(CCCN(CC)CC)CC[Si](C)(C)OC. The van der Waals surface area contributed by atoms with Gasteiger partial charge >= 0.3 is 0 Å². The summed E-state index contributed by atoms with van der Waals surface area (Å²) >= 11 is 0. The lowest BCUT2D eigenvalue weighted by molar-refractivity contribution is 0.222. The summed E-state index contributed by atoms with van der Waals surface area (Å²) in [6, 6.07) is 1.24. The van der Waals surface area contributed by atoms with Crippen molar-refractivity contribution >= 4 is 8.32 Å². The van der Waals surface area contributed by atoms with Gasteiger partial charge in [0.15, 0.2) is 8.32 Å².